The summed E-state index contributed by atoms with van der Waals surface area (Å²) in [6.07, 6.45) is -4.47. The van der Waals surface area contributed by atoms with Crippen LogP contribution in [0.2, 0.25) is 0 Å². The first kappa shape index (κ1) is 26.1. The Morgan fingerprint density at radius 3 is 2.19 bits per heavy atom. The second-order valence-electron chi connectivity index (χ2n) is 8.55. The zero-order valence-corrected chi connectivity index (χ0v) is 19.6. The molecular weight excluding hydrogens is 491 g/mol. The van der Waals surface area contributed by atoms with E-state index in [1.807, 2.05) is 4.90 Å². The monoisotopic (exact) mass is 514 g/mol. The number of alkyl halides is 3. The van der Waals surface area contributed by atoms with Crippen molar-refractivity contribution in [3.05, 3.63) is 130 Å². The van der Waals surface area contributed by atoms with E-state index in [1.165, 1.54) is 42.5 Å². The molecule has 0 spiro atoms. The van der Waals surface area contributed by atoms with Gasteiger partial charge >= 0.3 is 6.18 Å². The van der Waals surface area contributed by atoms with Gasteiger partial charge in [-0.2, -0.15) is 13.2 Å². The van der Waals surface area contributed by atoms with E-state index in [1.54, 1.807) is 30.3 Å². The summed E-state index contributed by atoms with van der Waals surface area (Å²) in [5.74, 6) is -0.819. The van der Waals surface area contributed by atoms with Gasteiger partial charge in [-0.3, -0.25) is 9.69 Å². The van der Waals surface area contributed by atoms with E-state index >= 15 is 0 Å². The lowest BCUT2D eigenvalue weighted by molar-refractivity contribution is -0.137. The van der Waals surface area contributed by atoms with E-state index in [0.29, 0.717) is 24.4 Å². The van der Waals surface area contributed by atoms with E-state index in [4.69, 9.17) is 4.42 Å². The largest absolute Gasteiger partial charge is 0.455 e. The second kappa shape index (κ2) is 11.4. The zero-order chi connectivity index (χ0) is 26.4. The molecule has 0 radical (unpaired) electrons. The molecule has 4 nitrogen and oxygen atoms in total. The zero-order valence-electron chi connectivity index (χ0n) is 19.6. The molecule has 9 heteroatoms. The summed E-state index contributed by atoms with van der Waals surface area (Å²) in [4.78, 5) is 14.5. The highest BCUT2D eigenvalue weighted by Crippen LogP contribution is 2.29. The highest BCUT2D eigenvalue weighted by Gasteiger charge is 2.30. The highest BCUT2D eigenvalue weighted by molar-refractivity contribution is 5.91. The van der Waals surface area contributed by atoms with Crippen LogP contribution in [0.3, 0.4) is 0 Å². The Balaban J connectivity index is 1.42. The summed E-state index contributed by atoms with van der Waals surface area (Å²) >= 11 is 0. The van der Waals surface area contributed by atoms with Crippen molar-refractivity contribution in [2.75, 3.05) is 0 Å². The van der Waals surface area contributed by atoms with Gasteiger partial charge in [0.2, 0.25) is 0 Å². The van der Waals surface area contributed by atoms with E-state index in [-0.39, 0.29) is 30.5 Å². The third kappa shape index (κ3) is 7.50. The Morgan fingerprint density at radius 2 is 1.46 bits per heavy atom. The van der Waals surface area contributed by atoms with Crippen LogP contribution in [0.1, 0.15) is 38.6 Å². The van der Waals surface area contributed by atoms with Crippen LogP contribution in [0.15, 0.2) is 89.3 Å². The summed E-state index contributed by atoms with van der Waals surface area (Å²) in [5, 5.41) is 2.56. The van der Waals surface area contributed by atoms with Crippen molar-refractivity contribution in [1.29, 1.82) is 0 Å². The molecule has 192 valence electrons. The van der Waals surface area contributed by atoms with Crippen LogP contribution >= 0.6 is 0 Å². The number of furan rings is 1. The van der Waals surface area contributed by atoms with E-state index in [9.17, 15) is 26.7 Å². The Hall–Kier alpha value is -3.98. The first-order valence-electron chi connectivity index (χ1n) is 11.4. The number of nitrogens with zero attached hydrogens (tertiary/aromatic N) is 1. The standard InChI is InChI=1S/C28H23F5N2O2/c29-23-9-7-19(8-10-23)16-35(17-21-4-2-6-24(30)14-21)18-25-11-12-26(37-25)27(36)34-15-20-3-1-5-22(13-20)28(31,32)33/h1-14H,15-18H2,(H,34,36). The number of benzene rings is 3. The minimum absolute atomic E-state index is 0.00876. The molecule has 0 saturated heterocycles. The van der Waals surface area contributed by atoms with Crippen LogP contribution in [0.4, 0.5) is 22.0 Å². The van der Waals surface area contributed by atoms with Crippen molar-refractivity contribution < 1.29 is 31.2 Å². The average molecular weight is 514 g/mol. The molecule has 1 amide bonds. The van der Waals surface area contributed by atoms with Gasteiger partial charge in [-0.15, -0.1) is 0 Å². The minimum atomic E-state index is -4.47. The Morgan fingerprint density at radius 1 is 0.757 bits per heavy atom. The fourth-order valence-electron chi connectivity index (χ4n) is 3.84. The summed E-state index contributed by atoms with van der Waals surface area (Å²) < 4.78 is 71.5. The number of halogens is 5. The molecule has 37 heavy (non-hydrogen) atoms. The molecule has 0 fully saturated rings. The maximum Gasteiger partial charge on any atom is 0.416 e. The van der Waals surface area contributed by atoms with Gasteiger partial charge in [0.15, 0.2) is 5.76 Å². The van der Waals surface area contributed by atoms with Gasteiger partial charge in [-0.1, -0.05) is 36.4 Å². The average Bonchev–Trinajstić information content (AvgIpc) is 3.32. The number of carbonyl (C=O) groups is 1. The maximum absolute atomic E-state index is 13.7. The Labute approximate surface area is 210 Å². The third-order valence-corrected chi connectivity index (χ3v) is 5.59. The van der Waals surface area contributed by atoms with Crippen molar-refractivity contribution in [2.45, 2.75) is 32.4 Å². The Kier molecular flexibility index (Phi) is 8.03. The van der Waals surface area contributed by atoms with Crippen LogP contribution in [0, 0.1) is 11.6 Å². The number of amides is 1. The predicted octanol–water partition coefficient (Wildman–Crippen LogP) is 6.71. The molecule has 0 aliphatic heterocycles. The van der Waals surface area contributed by atoms with Crippen LogP contribution in [-0.4, -0.2) is 10.8 Å². The van der Waals surface area contributed by atoms with Gasteiger partial charge in [0, 0.05) is 19.6 Å². The number of carbonyl (C=O) groups excluding carboxylic acids is 1. The highest BCUT2D eigenvalue weighted by atomic mass is 19.4. The smallest absolute Gasteiger partial charge is 0.416 e. The predicted molar refractivity (Wildman–Crippen MR) is 127 cm³/mol. The van der Waals surface area contributed by atoms with Crippen molar-refractivity contribution in [3.63, 3.8) is 0 Å². The van der Waals surface area contributed by atoms with E-state index in [2.05, 4.69) is 5.32 Å². The first-order chi connectivity index (χ1) is 17.7. The molecule has 0 atom stereocenters. The van der Waals surface area contributed by atoms with Gasteiger partial charge in [0.1, 0.15) is 17.4 Å². The molecular formula is C28H23F5N2O2. The molecule has 1 N–H and O–H groups in total. The van der Waals surface area contributed by atoms with Gasteiger partial charge in [0.25, 0.3) is 5.91 Å². The number of rotatable bonds is 9. The van der Waals surface area contributed by atoms with Gasteiger partial charge in [-0.25, -0.2) is 8.78 Å². The molecule has 0 bridgehead atoms. The summed E-state index contributed by atoms with van der Waals surface area (Å²) in [6.45, 7) is 0.950. The van der Waals surface area contributed by atoms with Gasteiger partial charge in [0.05, 0.1) is 12.1 Å². The fourth-order valence-corrected chi connectivity index (χ4v) is 3.84. The lowest BCUT2D eigenvalue weighted by Crippen LogP contribution is -2.23. The summed E-state index contributed by atoms with van der Waals surface area (Å²) in [5.41, 5.74) is 1.07. The summed E-state index contributed by atoms with van der Waals surface area (Å²) in [7, 11) is 0. The molecule has 0 unspecified atom stereocenters. The molecule has 4 rings (SSSR count). The quantitative estimate of drug-likeness (QED) is 0.253. The van der Waals surface area contributed by atoms with Gasteiger partial charge in [-0.05, 0) is 65.2 Å². The molecule has 3 aromatic carbocycles. The van der Waals surface area contributed by atoms with Crippen LogP contribution in [0.5, 0.6) is 0 Å². The minimum Gasteiger partial charge on any atom is -0.455 e. The van der Waals surface area contributed by atoms with Crippen molar-refractivity contribution in [2.24, 2.45) is 0 Å². The number of nitrogens with one attached hydrogen (secondary N) is 1. The van der Waals surface area contributed by atoms with Crippen molar-refractivity contribution in [1.82, 2.24) is 10.2 Å². The topological polar surface area (TPSA) is 45.5 Å². The molecule has 0 aliphatic carbocycles. The first-order valence-corrected chi connectivity index (χ1v) is 11.4. The lowest BCUT2D eigenvalue weighted by atomic mass is 10.1. The second-order valence-corrected chi connectivity index (χ2v) is 8.55. The van der Waals surface area contributed by atoms with Crippen molar-refractivity contribution in [3.8, 4) is 0 Å². The van der Waals surface area contributed by atoms with Crippen LogP contribution in [0.25, 0.3) is 0 Å². The van der Waals surface area contributed by atoms with Crippen molar-refractivity contribution >= 4 is 5.91 Å². The van der Waals surface area contributed by atoms with E-state index < -0.39 is 17.6 Å². The number of hydrogen-bond donors (Lipinski definition) is 1. The maximum atomic E-state index is 13.7. The lowest BCUT2D eigenvalue weighted by Gasteiger charge is -2.21. The summed E-state index contributed by atoms with van der Waals surface area (Å²) in [6, 6.07) is 20.0. The van der Waals surface area contributed by atoms with Gasteiger partial charge < -0.3 is 9.73 Å². The normalized spacial score (nSPS) is 11.6. The third-order valence-electron chi connectivity index (χ3n) is 5.59. The van der Waals surface area contributed by atoms with E-state index in [0.717, 1.165) is 23.3 Å². The SMILES string of the molecule is O=C(NCc1cccc(C(F)(F)F)c1)c1ccc(CN(Cc2ccc(F)cc2)Cc2cccc(F)c2)o1. The fraction of sp³-hybridized carbons (Fsp3) is 0.179. The molecule has 1 heterocycles. The molecule has 0 saturated carbocycles. The number of hydrogen-bond acceptors (Lipinski definition) is 3. The molecule has 0 aliphatic rings. The molecule has 4 aromatic rings. The van der Waals surface area contributed by atoms with Crippen LogP contribution < -0.4 is 5.32 Å². The van der Waals surface area contributed by atoms with Crippen LogP contribution in [-0.2, 0) is 32.4 Å². The molecule has 1 aromatic heterocycles. The Bertz CT molecular complexity index is 1350.